The monoisotopic (exact) mass is 798 g/mol. The summed E-state index contributed by atoms with van der Waals surface area (Å²) in [5.41, 5.74) is 15.4. The molecule has 0 bridgehead atoms. The van der Waals surface area contributed by atoms with Gasteiger partial charge in [0.05, 0.1) is 11.2 Å². The zero-order valence-corrected chi connectivity index (χ0v) is 34.6. The fraction of sp³-hybridized carbons (Fsp3) is 0.0714. The lowest BCUT2D eigenvalue weighted by atomic mass is 9.88. The maximum absolute atomic E-state index is 6.76. The number of hydrogen-bond donors (Lipinski definition) is 0. The zero-order valence-electron chi connectivity index (χ0n) is 34.6. The Kier molecular flexibility index (Phi) is 8.00. The van der Waals surface area contributed by atoms with E-state index in [1.54, 1.807) is 0 Å². The SMILES string of the molecule is Cc1cc(C)cc(-c2nc(-c3cc(C)cc(C)c3)nc(-c3cccc(-c4nc5ccccc5c5c(-c6cccc7c6oc6ccccc67)c6c(cc45)oc4ccccc46)c3)n2)c1. The van der Waals surface area contributed by atoms with Gasteiger partial charge in [0.1, 0.15) is 22.3 Å². The molecule has 0 amide bonds. The Morgan fingerprint density at radius 1 is 0.355 bits per heavy atom. The summed E-state index contributed by atoms with van der Waals surface area (Å²) in [6, 6.07) is 54.9. The second kappa shape index (κ2) is 13.8. The maximum atomic E-state index is 6.76. The second-order valence-electron chi connectivity index (χ2n) is 16.5. The molecule has 0 atom stereocenters. The molecule has 62 heavy (non-hydrogen) atoms. The third-order valence-corrected chi connectivity index (χ3v) is 12.0. The molecule has 0 unspecified atom stereocenters. The summed E-state index contributed by atoms with van der Waals surface area (Å²) in [6.45, 7) is 8.43. The lowest BCUT2D eigenvalue weighted by molar-refractivity contribution is 0.669. The molecule has 6 heteroatoms. The van der Waals surface area contributed by atoms with Gasteiger partial charge in [-0.2, -0.15) is 0 Å². The van der Waals surface area contributed by atoms with E-state index in [-0.39, 0.29) is 0 Å². The van der Waals surface area contributed by atoms with Crippen LogP contribution in [-0.2, 0) is 0 Å². The normalized spacial score (nSPS) is 11.9. The number of benzene rings is 8. The van der Waals surface area contributed by atoms with Crippen molar-refractivity contribution in [1.82, 2.24) is 19.9 Å². The fourth-order valence-corrected chi connectivity index (χ4v) is 9.53. The van der Waals surface area contributed by atoms with Gasteiger partial charge < -0.3 is 8.83 Å². The van der Waals surface area contributed by atoms with Gasteiger partial charge in [0.25, 0.3) is 0 Å². The number of furan rings is 2. The Morgan fingerprint density at radius 2 is 0.903 bits per heavy atom. The number of pyridine rings is 1. The first kappa shape index (κ1) is 35.9. The van der Waals surface area contributed by atoms with Crippen LogP contribution in [0.2, 0.25) is 0 Å². The number of fused-ring (bicyclic) bond motifs is 9. The molecule has 294 valence electrons. The maximum Gasteiger partial charge on any atom is 0.164 e. The summed E-state index contributed by atoms with van der Waals surface area (Å²) in [5, 5.41) is 7.34. The quantitative estimate of drug-likeness (QED) is 0.161. The van der Waals surface area contributed by atoms with E-state index in [2.05, 4.69) is 161 Å². The molecule has 12 rings (SSSR count). The van der Waals surface area contributed by atoms with Crippen LogP contribution in [0, 0.1) is 27.7 Å². The van der Waals surface area contributed by atoms with Gasteiger partial charge in [0, 0.05) is 71.1 Å². The Morgan fingerprint density at radius 3 is 1.60 bits per heavy atom. The van der Waals surface area contributed by atoms with E-state index in [1.807, 2.05) is 24.3 Å². The van der Waals surface area contributed by atoms with Crippen LogP contribution in [0.5, 0.6) is 0 Å². The van der Waals surface area contributed by atoms with Crippen LogP contribution in [-0.4, -0.2) is 19.9 Å². The van der Waals surface area contributed by atoms with Gasteiger partial charge in [-0.3, -0.25) is 0 Å². The summed E-state index contributed by atoms with van der Waals surface area (Å²) < 4.78 is 13.5. The van der Waals surface area contributed by atoms with Crippen molar-refractivity contribution >= 4 is 65.6 Å². The molecule has 0 aliphatic rings. The third kappa shape index (κ3) is 5.79. The van der Waals surface area contributed by atoms with Crippen molar-refractivity contribution < 1.29 is 8.83 Å². The number of hydrogen-bond acceptors (Lipinski definition) is 6. The molecule has 0 saturated carbocycles. The van der Waals surface area contributed by atoms with Crippen LogP contribution in [0.25, 0.3) is 122 Å². The standard InChI is InChI=1S/C56H38N4O2/c1-31-23-32(2)26-37(25-31)55-58-54(59-56(60-55)38-27-33(3)24-34(4)28-38)36-14-11-13-35(29-36)52-44-30-48-50(42-17-7-10-22-47(42)61-48)51(49(44)41-16-5-8-20-45(41)57-52)43-19-12-18-40-39-15-6-9-21-46(39)62-53(40)43/h5-30H,1-4H3. The Labute approximate surface area is 357 Å². The molecular weight excluding hydrogens is 761 g/mol. The second-order valence-corrected chi connectivity index (χ2v) is 16.5. The van der Waals surface area contributed by atoms with Crippen LogP contribution < -0.4 is 0 Å². The highest BCUT2D eigenvalue weighted by atomic mass is 16.3. The molecule has 0 spiro atoms. The number of rotatable bonds is 5. The largest absolute Gasteiger partial charge is 0.456 e. The Balaban J connectivity index is 1.15. The molecule has 4 heterocycles. The number of aryl methyl sites for hydroxylation is 4. The molecule has 12 aromatic rings. The van der Waals surface area contributed by atoms with Crippen molar-refractivity contribution in [2.75, 3.05) is 0 Å². The lowest BCUT2D eigenvalue weighted by Gasteiger charge is -2.16. The van der Waals surface area contributed by atoms with E-state index in [1.165, 1.54) is 0 Å². The van der Waals surface area contributed by atoms with Gasteiger partial charge in [0.15, 0.2) is 17.5 Å². The molecule has 0 fully saturated rings. The highest BCUT2D eigenvalue weighted by Gasteiger charge is 2.25. The van der Waals surface area contributed by atoms with Gasteiger partial charge in [-0.25, -0.2) is 19.9 Å². The van der Waals surface area contributed by atoms with Gasteiger partial charge in [0.2, 0.25) is 0 Å². The van der Waals surface area contributed by atoms with Crippen molar-refractivity contribution in [2.45, 2.75) is 27.7 Å². The average molecular weight is 799 g/mol. The minimum absolute atomic E-state index is 0.590. The molecule has 0 radical (unpaired) electrons. The van der Waals surface area contributed by atoms with Crippen molar-refractivity contribution in [3.05, 3.63) is 180 Å². The zero-order chi connectivity index (χ0) is 41.6. The van der Waals surface area contributed by atoms with E-state index in [0.717, 1.165) is 127 Å². The Hall–Kier alpha value is -7.96. The Bertz CT molecular complexity index is 3710. The van der Waals surface area contributed by atoms with Gasteiger partial charge in [-0.15, -0.1) is 0 Å². The first-order valence-corrected chi connectivity index (χ1v) is 20.9. The minimum Gasteiger partial charge on any atom is -0.456 e. The van der Waals surface area contributed by atoms with E-state index in [9.17, 15) is 0 Å². The van der Waals surface area contributed by atoms with Crippen molar-refractivity contribution in [1.29, 1.82) is 0 Å². The van der Waals surface area contributed by atoms with Gasteiger partial charge in [-0.1, -0.05) is 125 Å². The first-order valence-electron chi connectivity index (χ1n) is 20.9. The molecule has 4 aromatic heterocycles. The summed E-state index contributed by atoms with van der Waals surface area (Å²) in [7, 11) is 0. The predicted molar refractivity (Wildman–Crippen MR) is 253 cm³/mol. The number of aromatic nitrogens is 4. The summed E-state index contributed by atoms with van der Waals surface area (Å²) >= 11 is 0. The minimum atomic E-state index is 0.590. The molecule has 0 aliphatic heterocycles. The number of nitrogens with zero attached hydrogens (tertiary/aromatic N) is 4. The van der Waals surface area contributed by atoms with Crippen LogP contribution in [0.1, 0.15) is 22.3 Å². The van der Waals surface area contributed by atoms with E-state index in [0.29, 0.717) is 17.5 Å². The molecule has 8 aromatic carbocycles. The summed E-state index contributed by atoms with van der Waals surface area (Å²) in [6.07, 6.45) is 0. The molecular formula is C56H38N4O2. The van der Waals surface area contributed by atoms with E-state index in [4.69, 9.17) is 28.8 Å². The van der Waals surface area contributed by atoms with Crippen LogP contribution in [0.15, 0.2) is 167 Å². The predicted octanol–water partition coefficient (Wildman–Crippen LogP) is 14.9. The average Bonchev–Trinajstić information content (AvgIpc) is 3.86. The molecule has 0 N–H and O–H groups in total. The highest BCUT2D eigenvalue weighted by Crippen LogP contribution is 2.49. The van der Waals surface area contributed by atoms with Crippen molar-refractivity contribution in [3.63, 3.8) is 0 Å². The molecule has 0 aliphatic carbocycles. The van der Waals surface area contributed by atoms with E-state index < -0.39 is 0 Å². The summed E-state index contributed by atoms with van der Waals surface area (Å²) in [5.74, 6) is 1.85. The third-order valence-electron chi connectivity index (χ3n) is 12.0. The van der Waals surface area contributed by atoms with Crippen LogP contribution >= 0.6 is 0 Å². The van der Waals surface area contributed by atoms with Gasteiger partial charge >= 0.3 is 0 Å². The first-order chi connectivity index (χ1) is 30.3. The van der Waals surface area contributed by atoms with Gasteiger partial charge in [-0.05, 0) is 82.3 Å². The highest BCUT2D eigenvalue weighted by molar-refractivity contribution is 6.29. The topological polar surface area (TPSA) is 77.8 Å². The fourth-order valence-electron chi connectivity index (χ4n) is 9.53. The van der Waals surface area contributed by atoms with Crippen molar-refractivity contribution in [2.24, 2.45) is 0 Å². The summed E-state index contributed by atoms with van der Waals surface area (Å²) in [4.78, 5) is 20.9. The van der Waals surface area contributed by atoms with Crippen LogP contribution in [0.3, 0.4) is 0 Å². The van der Waals surface area contributed by atoms with Crippen LogP contribution in [0.4, 0.5) is 0 Å². The van der Waals surface area contributed by atoms with E-state index >= 15 is 0 Å². The van der Waals surface area contributed by atoms with Crippen molar-refractivity contribution in [3.8, 4) is 56.5 Å². The molecule has 0 saturated heterocycles. The smallest absolute Gasteiger partial charge is 0.164 e. The lowest BCUT2D eigenvalue weighted by Crippen LogP contribution is -2.01. The number of para-hydroxylation sites is 4. The molecule has 6 nitrogen and oxygen atoms in total.